The molecule has 1 atom stereocenters. The van der Waals surface area contributed by atoms with Gasteiger partial charge >= 0.3 is 0 Å². The predicted molar refractivity (Wildman–Crippen MR) is 112 cm³/mol. The molecule has 0 saturated heterocycles. The van der Waals surface area contributed by atoms with Gasteiger partial charge < -0.3 is 20.7 Å². The number of carbonyl (C=O) groups excluding carboxylic acids is 2. The lowest BCUT2D eigenvalue weighted by Gasteiger charge is -2.12. The van der Waals surface area contributed by atoms with E-state index in [0.29, 0.717) is 18.8 Å². The second-order valence-electron chi connectivity index (χ2n) is 6.85. The molecule has 0 aliphatic heterocycles. The zero-order valence-corrected chi connectivity index (χ0v) is 16.7. The van der Waals surface area contributed by atoms with Crippen molar-refractivity contribution in [1.82, 2.24) is 10.6 Å². The molecule has 0 aliphatic rings. The molecule has 0 radical (unpaired) electrons. The largest absolute Gasteiger partial charge is 0.484 e. The minimum absolute atomic E-state index is 0.0489. The second kappa shape index (κ2) is 11.1. The maximum Gasteiger partial charge on any atom is 0.262 e. The first-order chi connectivity index (χ1) is 13.5. The van der Waals surface area contributed by atoms with Gasteiger partial charge in [-0.2, -0.15) is 0 Å². The topological polar surface area (TPSA) is 79.5 Å². The van der Waals surface area contributed by atoms with Crippen molar-refractivity contribution in [2.45, 2.75) is 20.3 Å². The molecule has 0 spiro atoms. The fourth-order valence-corrected chi connectivity index (χ4v) is 2.72. The van der Waals surface area contributed by atoms with Crippen molar-refractivity contribution < 1.29 is 14.3 Å². The van der Waals surface area contributed by atoms with Crippen LogP contribution in [0.15, 0.2) is 48.5 Å². The normalized spacial score (nSPS) is 11.5. The highest BCUT2D eigenvalue weighted by molar-refractivity contribution is 5.91. The highest BCUT2D eigenvalue weighted by Gasteiger charge is 2.10. The van der Waals surface area contributed by atoms with Crippen LogP contribution < -0.4 is 20.7 Å². The maximum absolute atomic E-state index is 12.0. The molecule has 0 heterocycles. The van der Waals surface area contributed by atoms with Crippen molar-refractivity contribution >= 4 is 17.5 Å². The van der Waals surface area contributed by atoms with Crippen molar-refractivity contribution in [2.75, 3.05) is 32.1 Å². The Bertz CT molecular complexity index is 775. The van der Waals surface area contributed by atoms with Gasteiger partial charge in [0.05, 0.1) is 0 Å². The molecule has 2 aromatic carbocycles. The van der Waals surface area contributed by atoms with E-state index in [9.17, 15) is 9.59 Å². The van der Waals surface area contributed by atoms with E-state index in [2.05, 4.69) is 16.0 Å². The van der Waals surface area contributed by atoms with E-state index in [1.807, 2.05) is 69.4 Å². The van der Waals surface area contributed by atoms with Gasteiger partial charge in [0.15, 0.2) is 6.61 Å². The van der Waals surface area contributed by atoms with Crippen LogP contribution in [0.2, 0.25) is 0 Å². The Morgan fingerprint density at radius 3 is 2.54 bits per heavy atom. The molecule has 0 fully saturated rings. The molecular formula is C22H29N3O3. The number of carbonyl (C=O) groups is 2. The first kappa shape index (κ1) is 21.4. The van der Waals surface area contributed by atoms with Gasteiger partial charge in [0.2, 0.25) is 5.91 Å². The molecule has 150 valence electrons. The van der Waals surface area contributed by atoms with Crippen molar-refractivity contribution in [3.05, 3.63) is 59.7 Å². The van der Waals surface area contributed by atoms with Crippen LogP contribution in [0.5, 0.6) is 5.75 Å². The summed E-state index contributed by atoms with van der Waals surface area (Å²) in [5.41, 5.74) is 2.94. The fraction of sp³-hybridized carbons (Fsp3) is 0.364. The molecule has 3 N–H and O–H groups in total. The standard InChI is InChI=1S/C22H29N3O3/c1-16-5-4-6-19(13-16)25-21(26)15-28-20-9-7-18(8-10-20)11-12-24-22(27)17(2)14-23-3/h4-10,13,17,23H,11-12,14-15H2,1-3H3,(H,24,27)(H,25,26). The van der Waals surface area contributed by atoms with Crippen LogP contribution in [-0.2, 0) is 16.0 Å². The lowest BCUT2D eigenvalue weighted by Crippen LogP contribution is -2.35. The minimum Gasteiger partial charge on any atom is -0.484 e. The number of ether oxygens (including phenoxy) is 1. The fourth-order valence-electron chi connectivity index (χ4n) is 2.72. The lowest BCUT2D eigenvalue weighted by molar-refractivity contribution is -0.124. The van der Waals surface area contributed by atoms with E-state index in [4.69, 9.17) is 4.74 Å². The molecule has 6 nitrogen and oxygen atoms in total. The number of hydrogen-bond acceptors (Lipinski definition) is 4. The SMILES string of the molecule is CNCC(C)C(=O)NCCc1ccc(OCC(=O)Nc2cccc(C)c2)cc1. The Hall–Kier alpha value is -2.86. The van der Waals surface area contributed by atoms with E-state index in [1.165, 1.54) is 0 Å². The van der Waals surface area contributed by atoms with Crippen LogP contribution in [0.3, 0.4) is 0 Å². The number of nitrogens with one attached hydrogen (secondary N) is 3. The van der Waals surface area contributed by atoms with E-state index in [-0.39, 0.29) is 24.3 Å². The second-order valence-corrected chi connectivity index (χ2v) is 6.85. The summed E-state index contributed by atoms with van der Waals surface area (Å²) in [7, 11) is 1.83. The Kier molecular flexibility index (Phi) is 8.49. The number of amides is 2. The molecule has 28 heavy (non-hydrogen) atoms. The van der Waals surface area contributed by atoms with Gasteiger partial charge in [-0.15, -0.1) is 0 Å². The summed E-state index contributed by atoms with van der Waals surface area (Å²) in [4.78, 5) is 23.9. The van der Waals surface area contributed by atoms with E-state index in [0.717, 1.165) is 23.2 Å². The third kappa shape index (κ3) is 7.40. The summed E-state index contributed by atoms with van der Waals surface area (Å²) in [6.07, 6.45) is 0.742. The van der Waals surface area contributed by atoms with Crippen LogP contribution in [-0.4, -0.2) is 38.6 Å². The average molecular weight is 383 g/mol. The summed E-state index contributed by atoms with van der Waals surface area (Å²) in [5.74, 6) is 0.434. The number of anilines is 1. The maximum atomic E-state index is 12.0. The van der Waals surface area contributed by atoms with Gasteiger partial charge in [0, 0.05) is 24.7 Å². The van der Waals surface area contributed by atoms with Gasteiger partial charge in [-0.1, -0.05) is 31.2 Å². The van der Waals surface area contributed by atoms with Gasteiger partial charge in [0.1, 0.15) is 5.75 Å². The summed E-state index contributed by atoms with van der Waals surface area (Å²) in [5, 5.41) is 8.74. The quantitative estimate of drug-likeness (QED) is 0.589. The first-order valence-electron chi connectivity index (χ1n) is 9.48. The van der Waals surface area contributed by atoms with Crippen LogP contribution in [0.1, 0.15) is 18.1 Å². The Morgan fingerprint density at radius 1 is 1.11 bits per heavy atom. The average Bonchev–Trinajstić information content (AvgIpc) is 2.67. The molecule has 2 aromatic rings. The number of aryl methyl sites for hydroxylation is 1. The Balaban J connectivity index is 1.72. The van der Waals surface area contributed by atoms with Crippen LogP contribution in [0.4, 0.5) is 5.69 Å². The van der Waals surface area contributed by atoms with E-state index >= 15 is 0 Å². The molecule has 0 aliphatic carbocycles. The highest BCUT2D eigenvalue weighted by atomic mass is 16.5. The van der Waals surface area contributed by atoms with Crippen molar-refractivity contribution in [2.24, 2.45) is 5.92 Å². The van der Waals surface area contributed by atoms with Crippen LogP contribution >= 0.6 is 0 Å². The van der Waals surface area contributed by atoms with Crippen molar-refractivity contribution in [1.29, 1.82) is 0 Å². The molecule has 0 aromatic heterocycles. The monoisotopic (exact) mass is 383 g/mol. The zero-order chi connectivity index (χ0) is 20.4. The third-order valence-electron chi connectivity index (χ3n) is 4.27. The molecule has 0 bridgehead atoms. The van der Waals surface area contributed by atoms with Crippen molar-refractivity contribution in [3.63, 3.8) is 0 Å². The van der Waals surface area contributed by atoms with Crippen molar-refractivity contribution in [3.8, 4) is 5.75 Å². The van der Waals surface area contributed by atoms with Gasteiger partial charge in [-0.05, 0) is 55.8 Å². The van der Waals surface area contributed by atoms with Gasteiger partial charge in [0.25, 0.3) is 5.91 Å². The van der Waals surface area contributed by atoms with Gasteiger partial charge in [-0.25, -0.2) is 0 Å². The molecule has 0 saturated carbocycles. The molecule has 2 amide bonds. The summed E-state index contributed by atoms with van der Waals surface area (Å²) < 4.78 is 5.54. The summed E-state index contributed by atoms with van der Waals surface area (Å²) in [6.45, 7) is 5.07. The smallest absolute Gasteiger partial charge is 0.262 e. The van der Waals surface area contributed by atoms with Crippen LogP contribution in [0.25, 0.3) is 0 Å². The van der Waals surface area contributed by atoms with Gasteiger partial charge in [-0.3, -0.25) is 9.59 Å². The minimum atomic E-state index is -0.201. The zero-order valence-electron chi connectivity index (χ0n) is 16.7. The van der Waals surface area contributed by atoms with E-state index in [1.54, 1.807) is 0 Å². The molecule has 1 unspecified atom stereocenters. The number of rotatable bonds is 10. The highest BCUT2D eigenvalue weighted by Crippen LogP contribution is 2.13. The predicted octanol–water partition coefficient (Wildman–Crippen LogP) is 2.53. The van der Waals surface area contributed by atoms with Crippen LogP contribution in [0, 0.1) is 12.8 Å². The number of hydrogen-bond donors (Lipinski definition) is 3. The van der Waals surface area contributed by atoms with E-state index < -0.39 is 0 Å². The summed E-state index contributed by atoms with van der Waals surface area (Å²) >= 11 is 0. The molecular weight excluding hydrogens is 354 g/mol. The Morgan fingerprint density at radius 2 is 1.86 bits per heavy atom. The number of benzene rings is 2. The third-order valence-corrected chi connectivity index (χ3v) is 4.27. The lowest BCUT2D eigenvalue weighted by atomic mass is 10.1. The Labute approximate surface area is 166 Å². The first-order valence-corrected chi connectivity index (χ1v) is 9.48. The molecule has 6 heteroatoms. The molecule has 2 rings (SSSR count). The summed E-state index contributed by atoms with van der Waals surface area (Å²) in [6, 6.07) is 15.2.